The maximum Gasteiger partial charge on any atom is 0.356 e. The zero-order chi connectivity index (χ0) is 12.4. The zero-order valence-electron chi connectivity index (χ0n) is 9.71. The van der Waals surface area contributed by atoms with Crippen LogP contribution in [0.15, 0.2) is 24.3 Å². The van der Waals surface area contributed by atoms with E-state index in [0.717, 1.165) is 11.1 Å². The molecule has 0 unspecified atom stereocenters. The number of aromatic nitrogens is 3. The van der Waals surface area contributed by atoms with Gasteiger partial charge in [-0.2, -0.15) is 0 Å². The third-order valence-electron chi connectivity index (χ3n) is 2.53. The van der Waals surface area contributed by atoms with Gasteiger partial charge in [-0.1, -0.05) is 29.0 Å². The second-order valence-corrected chi connectivity index (χ2v) is 3.78. The van der Waals surface area contributed by atoms with Gasteiger partial charge in [0.15, 0.2) is 5.69 Å². The molecule has 5 nitrogen and oxygen atoms in total. The van der Waals surface area contributed by atoms with Crippen LogP contribution in [0.25, 0.3) is 11.3 Å². The van der Waals surface area contributed by atoms with Crippen molar-refractivity contribution in [1.82, 2.24) is 15.0 Å². The smallest absolute Gasteiger partial charge is 0.356 e. The number of aryl methyl sites for hydroxylation is 2. The molecule has 17 heavy (non-hydrogen) atoms. The summed E-state index contributed by atoms with van der Waals surface area (Å²) in [6.07, 6.45) is 0. The van der Waals surface area contributed by atoms with Crippen molar-refractivity contribution >= 4 is 5.97 Å². The van der Waals surface area contributed by atoms with Crippen LogP contribution >= 0.6 is 0 Å². The molecule has 0 fully saturated rings. The third-order valence-corrected chi connectivity index (χ3v) is 2.53. The summed E-state index contributed by atoms with van der Waals surface area (Å²) in [4.78, 5) is 11.2. The molecule has 1 aromatic carbocycles. The average molecular weight is 231 g/mol. The van der Waals surface area contributed by atoms with Crippen molar-refractivity contribution in [3.05, 3.63) is 35.5 Å². The second-order valence-electron chi connectivity index (χ2n) is 3.78. The van der Waals surface area contributed by atoms with Gasteiger partial charge in [-0.15, -0.1) is 5.10 Å². The normalized spacial score (nSPS) is 10.5. The van der Waals surface area contributed by atoms with E-state index in [0.29, 0.717) is 12.2 Å². The van der Waals surface area contributed by atoms with Gasteiger partial charge in [0.05, 0.1) is 0 Å². The number of aromatic carboxylic acids is 1. The number of nitrogens with zero attached hydrogens (tertiary/aromatic N) is 3. The predicted octanol–water partition coefficient (Wildman–Crippen LogP) is 1.97. The fourth-order valence-electron chi connectivity index (χ4n) is 1.73. The maximum atomic E-state index is 11.2. The molecule has 0 aliphatic heterocycles. The Morgan fingerprint density at radius 1 is 1.47 bits per heavy atom. The summed E-state index contributed by atoms with van der Waals surface area (Å²) < 4.78 is 1.39. The fraction of sp³-hybridized carbons (Fsp3) is 0.250. The Bertz CT molecular complexity index is 561. The van der Waals surface area contributed by atoms with Crippen LogP contribution in [0.1, 0.15) is 23.0 Å². The van der Waals surface area contributed by atoms with Crippen LogP contribution in [0, 0.1) is 6.92 Å². The van der Waals surface area contributed by atoms with E-state index in [1.165, 1.54) is 4.68 Å². The molecule has 5 heteroatoms. The van der Waals surface area contributed by atoms with Gasteiger partial charge in [0.25, 0.3) is 0 Å². The van der Waals surface area contributed by atoms with Gasteiger partial charge in [0.2, 0.25) is 0 Å². The average Bonchev–Trinajstić information content (AvgIpc) is 2.72. The van der Waals surface area contributed by atoms with Gasteiger partial charge in [0, 0.05) is 12.1 Å². The molecular weight excluding hydrogens is 218 g/mol. The summed E-state index contributed by atoms with van der Waals surface area (Å²) >= 11 is 0. The van der Waals surface area contributed by atoms with Crippen LogP contribution in [0.5, 0.6) is 0 Å². The van der Waals surface area contributed by atoms with Crippen molar-refractivity contribution < 1.29 is 9.90 Å². The molecule has 0 amide bonds. The number of rotatable bonds is 3. The number of carbonyl (C=O) groups is 1. The summed E-state index contributed by atoms with van der Waals surface area (Å²) in [5.74, 6) is -1.01. The van der Waals surface area contributed by atoms with Gasteiger partial charge in [-0.3, -0.25) is 0 Å². The summed E-state index contributed by atoms with van der Waals surface area (Å²) in [6, 6.07) is 7.56. The quantitative estimate of drug-likeness (QED) is 0.876. The summed E-state index contributed by atoms with van der Waals surface area (Å²) in [6.45, 7) is 4.27. The van der Waals surface area contributed by atoms with Crippen LogP contribution in [-0.4, -0.2) is 26.1 Å². The molecule has 0 atom stereocenters. The van der Waals surface area contributed by atoms with E-state index in [1.54, 1.807) is 0 Å². The first-order valence-corrected chi connectivity index (χ1v) is 5.37. The molecule has 0 saturated carbocycles. The van der Waals surface area contributed by atoms with E-state index >= 15 is 0 Å². The Morgan fingerprint density at radius 3 is 2.82 bits per heavy atom. The molecule has 0 aliphatic rings. The molecule has 2 rings (SSSR count). The lowest BCUT2D eigenvalue weighted by Crippen LogP contribution is -2.09. The third kappa shape index (κ3) is 2.04. The highest BCUT2D eigenvalue weighted by Gasteiger charge is 2.19. The van der Waals surface area contributed by atoms with Gasteiger partial charge >= 0.3 is 5.97 Å². The molecule has 88 valence electrons. The Labute approximate surface area is 98.7 Å². The van der Waals surface area contributed by atoms with Crippen LogP contribution < -0.4 is 0 Å². The lowest BCUT2D eigenvalue weighted by molar-refractivity contribution is 0.0684. The standard InChI is InChI=1S/C12H13N3O2/c1-3-15-11(12(16)17)10(13-14-15)9-6-4-5-8(2)7-9/h4-7H,3H2,1-2H3,(H,16,17). The van der Waals surface area contributed by atoms with Crippen LogP contribution in [0.3, 0.4) is 0 Å². The van der Waals surface area contributed by atoms with E-state index in [4.69, 9.17) is 0 Å². The SMILES string of the molecule is CCn1nnc(-c2cccc(C)c2)c1C(=O)O. The lowest BCUT2D eigenvalue weighted by atomic mass is 10.1. The first-order chi connectivity index (χ1) is 8.13. The monoisotopic (exact) mass is 231 g/mol. The summed E-state index contributed by atoms with van der Waals surface area (Å²) in [7, 11) is 0. The minimum absolute atomic E-state index is 0.137. The number of carboxylic acids is 1. The largest absolute Gasteiger partial charge is 0.476 e. The maximum absolute atomic E-state index is 11.2. The van der Waals surface area contributed by atoms with E-state index in [-0.39, 0.29) is 5.69 Å². The lowest BCUT2D eigenvalue weighted by Gasteiger charge is -2.02. The molecule has 0 radical (unpaired) electrons. The first kappa shape index (κ1) is 11.3. The van der Waals surface area contributed by atoms with E-state index in [9.17, 15) is 9.90 Å². The van der Waals surface area contributed by atoms with Gasteiger partial charge in [-0.25, -0.2) is 9.48 Å². The molecule has 1 aromatic heterocycles. The van der Waals surface area contributed by atoms with Gasteiger partial charge in [-0.05, 0) is 19.9 Å². The summed E-state index contributed by atoms with van der Waals surface area (Å²) in [5.41, 5.74) is 2.40. The van der Waals surface area contributed by atoms with Crippen LogP contribution in [0.2, 0.25) is 0 Å². The Hall–Kier alpha value is -2.17. The number of benzene rings is 1. The molecule has 2 aromatic rings. The molecular formula is C12H13N3O2. The number of carboxylic acid groups (broad SMARTS) is 1. The number of hydrogen-bond donors (Lipinski definition) is 1. The van der Waals surface area contributed by atoms with Crippen molar-refractivity contribution in [1.29, 1.82) is 0 Å². The molecule has 0 bridgehead atoms. The van der Waals surface area contributed by atoms with Crippen LogP contribution in [0.4, 0.5) is 0 Å². The fourth-order valence-corrected chi connectivity index (χ4v) is 1.73. The Kier molecular flexibility index (Phi) is 2.91. The highest BCUT2D eigenvalue weighted by Crippen LogP contribution is 2.22. The summed E-state index contributed by atoms with van der Waals surface area (Å²) in [5, 5.41) is 17.0. The second kappa shape index (κ2) is 4.37. The van der Waals surface area contributed by atoms with E-state index in [1.807, 2.05) is 38.1 Å². The molecule has 1 N–H and O–H groups in total. The van der Waals surface area contributed by atoms with Crippen molar-refractivity contribution in [2.75, 3.05) is 0 Å². The Balaban J connectivity index is 2.60. The molecule has 0 spiro atoms. The predicted molar refractivity (Wildman–Crippen MR) is 62.8 cm³/mol. The zero-order valence-corrected chi connectivity index (χ0v) is 9.71. The van der Waals surface area contributed by atoms with Crippen molar-refractivity contribution in [2.24, 2.45) is 0 Å². The minimum atomic E-state index is -1.01. The van der Waals surface area contributed by atoms with Crippen molar-refractivity contribution in [2.45, 2.75) is 20.4 Å². The first-order valence-electron chi connectivity index (χ1n) is 5.37. The Morgan fingerprint density at radius 2 is 2.24 bits per heavy atom. The highest BCUT2D eigenvalue weighted by molar-refractivity contribution is 5.92. The van der Waals surface area contributed by atoms with Crippen molar-refractivity contribution in [3.8, 4) is 11.3 Å². The van der Waals surface area contributed by atoms with Crippen LogP contribution in [-0.2, 0) is 6.54 Å². The van der Waals surface area contributed by atoms with E-state index in [2.05, 4.69) is 10.3 Å². The van der Waals surface area contributed by atoms with Gasteiger partial charge in [0.1, 0.15) is 5.69 Å². The molecule has 1 heterocycles. The van der Waals surface area contributed by atoms with Crippen molar-refractivity contribution in [3.63, 3.8) is 0 Å². The highest BCUT2D eigenvalue weighted by atomic mass is 16.4. The minimum Gasteiger partial charge on any atom is -0.476 e. The molecule has 0 saturated heterocycles. The number of hydrogen-bond acceptors (Lipinski definition) is 3. The topological polar surface area (TPSA) is 68.0 Å². The molecule has 0 aliphatic carbocycles. The van der Waals surface area contributed by atoms with E-state index < -0.39 is 5.97 Å². The van der Waals surface area contributed by atoms with Gasteiger partial charge < -0.3 is 5.11 Å².